The molecule has 22 heavy (non-hydrogen) atoms. The number of urea groups is 1. The van der Waals surface area contributed by atoms with E-state index in [1.807, 2.05) is 31.2 Å². The molecule has 0 spiro atoms. The predicted molar refractivity (Wildman–Crippen MR) is 79.3 cm³/mol. The van der Waals surface area contributed by atoms with Crippen LogP contribution in [-0.2, 0) is 19.8 Å². The van der Waals surface area contributed by atoms with Gasteiger partial charge in [0.2, 0.25) is 0 Å². The Balaban J connectivity index is 1.83. The van der Waals surface area contributed by atoms with E-state index in [0.29, 0.717) is 19.8 Å². The van der Waals surface area contributed by atoms with Crippen LogP contribution < -0.4 is 5.32 Å². The number of nitrogens with one attached hydrogen (secondary N) is 1. The number of aryl methyl sites for hydroxylation is 1. The van der Waals surface area contributed by atoms with Crippen molar-refractivity contribution >= 4 is 11.9 Å². The van der Waals surface area contributed by atoms with E-state index in [9.17, 15) is 9.59 Å². The SMILES string of the molecule is Cc1ccccc1[C@@]1(C)NC(=O)N(C[C@@H]2COCCO2)C1=O. The van der Waals surface area contributed by atoms with Crippen LogP contribution in [0.4, 0.5) is 4.79 Å². The maximum Gasteiger partial charge on any atom is 0.325 e. The maximum absolute atomic E-state index is 12.8. The molecule has 3 amide bonds. The Morgan fingerprint density at radius 3 is 2.77 bits per heavy atom. The highest BCUT2D eigenvalue weighted by molar-refractivity contribution is 6.07. The highest BCUT2D eigenvalue weighted by Crippen LogP contribution is 2.31. The molecule has 0 bridgehead atoms. The lowest BCUT2D eigenvalue weighted by molar-refractivity contribution is -0.136. The second-order valence-electron chi connectivity index (χ2n) is 5.85. The topological polar surface area (TPSA) is 67.9 Å². The molecular weight excluding hydrogens is 284 g/mol. The molecule has 118 valence electrons. The molecular formula is C16H20N2O4. The van der Waals surface area contributed by atoms with Crippen LogP contribution in [0, 0.1) is 6.92 Å². The molecule has 2 heterocycles. The Labute approximate surface area is 129 Å². The molecule has 6 nitrogen and oxygen atoms in total. The van der Waals surface area contributed by atoms with Gasteiger partial charge in [-0.15, -0.1) is 0 Å². The summed E-state index contributed by atoms with van der Waals surface area (Å²) in [6, 6.07) is 7.20. The quantitative estimate of drug-likeness (QED) is 0.852. The van der Waals surface area contributed by atoms with Gasteiger partial charge in [-0.05, 0) is 25.0 Å². The van der Waals surface area contributed by atoms with E-state index in [1.54, 1.807) is 6.92 Å². The molecule has 2 aliphatic heterocycles. The summed E-state index contributed by atoms with van der Waals surface area (Å²) in [4.78, 5) is 26.3. The molecule has 0 aromatic heterocycles. The molecule has 2 saturated heterocycles. The Hall–Kier alpha value is -1.92. The fourth-order valence-electron chi connectivity index (χ4n) is 3.02. The average Bonchev–Trinajstić information content (AvgIpc) is 2.73. The van der Waals surface area contributed by atoms with Crippen LogP contribution >= 0.6 is 0 Å². The van der Waals surface area contributed by atoms with Crippen molar-refractivity contribution in [3.63, 3.8) is 0 Å². The van der Waals surface area contributed by atoms with Gasteiger partial charge in [-0.1, -0.05) is 24.3 Å². The van der Waals surface area contributed by atoms with Crippen LogP contribution in [0.2, 0.25) is 0 Å². The van der Waals surface area contributed by atoms with Crippen molar-refractivity contribution in [3.8, 4) is 0 Å². The molecule has 0 saturated carbocycles. The number of hydrogen-bond donors (Lipinski definition) is 1. The van der Waals surface area contributed by atoms with Crippen molar-refractivity contribution in [1.29, 1.82) is 0 Å². The molecule has 0 radical (unpaired) electrons. The van der Waals surface area contributed by atoms with Gasteiger partial charge in [-0.3, -0.25) is 9.69 Å². The molecule has 1 aromatic rings. The number of ether oxygens (including phenoxy) is 2. The minimum atomic E-state index is -1.03. The lowest BCUT2D eigenvalue weighted by atomic mass is 9.88. The van der Waals surface area contributed by atoms with Gasteiger partial charge in [0, 0.05) is 0 Å². The highest BCUT2D eigenvalue weighted by atomic mass is 16.6. The standard InChI is InChI=1S/C16H20N2O4/c1-11-5-3-4-6-13(11)16(2)14(19)18(15(20)17-16)9-12-10-21-7-8-22-12/h3-6,12H,7-10H2,1-2H3,(H,17,20)/t12-,16-/m1/s1. The van der Waals surface area contributed by atoms with E-state index >= 15 is 0 Å². The normalized spacial score (nSPS) is 28.8. The van der Waals surface area contributed by atoms with E-state index in [0.717, 1.165) is 11.1 Å². The fourth-order valence-corrected chi connectivity index (χ4v) is 3.02. The summed E-state index contributed by atoms with van der Waals surface area (Å²) < 4.78 is 10.9. The first-order valence-electron chi connectivity index (χ1n) is 7.42. The van der Waals surface area contributed by atoms with E-state index in [-0.39, 0.29) is 24.6 Å². The largest absolute Gasteiger partial charge is 0.376 e. The summed E-state index contributed by atoms with van der Waals surface area (Å²) in [7, 11) is 0. The third-order valence-corrected chi connectivity index (χ3v) is 4.23. The van der Waals surface area contributed by atoms with Crippen molar-refractivity contribution < 1.29 is 19.1 Å². The second kappa shape index (κ2) is 5.70. The van der Waals surface area contributed by atoms with Crippen molar-refractivity contribution in [3.05, 3.63) is 35.4 Å². The number of benzene rings is 1. The van der Waals surface area contributed by atoms with Crippen molar-refractivity contribution in [1.82, 2.24) is 10.2 Å². The van der Waals surface area contributed by atoms with Gasteiger partial charge in [0.05, 0.1) is 32.5 Å². The van der Waals surface area contributed by atoms with Gasteiger partial charge in [0.25, 0.3) is 5.91 Å². The summed E-state index contributed by atoms with van der Waals surface area (Å²) >= 11 is 0. The van der Waals surface area contributed by atoms with E-state index in [1.165, 1.54) is 4.90 Å². The lowest BCUT2D eigenvalue weighted by Gasteiger charge is -2.27. The Kier molecular flexibility index (Phi) is 3.88. The van der Waals surface area contributed by atoms with Gasteiger partial charge in [0.1, 0.15) is 5.54 Å². The van der Waals surface area contributed by atoms with Crippen LogP contribution in [-0.4, -0.2) is 49.3 Å². The molecule has 1 aromatic carbocycles. The van der Waals surface area contributed by atoms with Crippen molar-refractivity contribution in [2.75, 3.05) is 26.4 Å². The van der Waals surface area contributed by atoms with Gasteiger partial charge in [-0.2, -0.15) is 0 Å². The Morgan fingerprint density at radius 2 is 2.09 bits per heavy atom. The first-order chi connectivity index (χ1) is 10.5. The monoisotopic (exact) mass is 304 g/mol. The summed E-state index contributed by atoms with van der Waals surface area (Å²) in [6.07, 6.45) is -0.261. The minimum Gasteiger partial charge on any atom is -0.376 e. The zero-order valence-corrected chi connectivity index (χ0v) is 12.8. The molecule has 6 heteroatoms. The average molecular weight is 304 g/mol. The molecule has 2 fully saturated rings. The molecule has 0 unspecified atom stereocenters. The molecule has 2 aliphatic rings. The number of imide groups is 1. The van der Waals surface area contributed by atoms with E-state index in [2.05, 4.69) is 5.32 Å². The number of rotatable bonds is 3. The molecule has 2 atom stereocenters. The smallest absolute Gasteiger partial charge is 0.325 e. The van der Waals surface area contributed by atoms with Crippen LogP contribution in [0.15, 0.2) is 24.3 Å². The summed E-state index contributed by atoms with van der Waals surface area (Å²) in [6.45, 7) is 5.33. The van der Waals surface area contributed by atoms with Crippen molar-refractivity contribution in [2.24, 2.45) is 0 Å². The number of hydrogen-bond acceptors (Lipinski definition) is 4. The van der Waals surface area contributed by atoms with E-state index in [4.69, 9.17) is 9.47 Å². The number of nitrogens with zero attached hydrogens (tertiary/aromatic N) is 1. The highest BCUT2D eigenvalue weighted by Gasteiger charge is 2.50. The van der Waals surface area contributed by atoms with Crippen LogP contribution in [0.25, 0.3) is 0 Å². The fraction of sp³-hybridized carbons (Fsp3) is 0.500. The number of carbonyl (C=O) groups is 2. The zero-order chi connectivity index (χ0) is 15.7. The van der Waals surface area contributed by atoms with Gasteiger partial charge in [0.15, 0.2) is 0 Å². The first kappa shape index (κ1) is 15.0. The zero-order valence-electron chi connectivity index (χ0n) is 12.8. The molecule has 0 aliphatic carbocycles. The summed E-state index contributed by atoms with van der Waals surface area (Å²) in [5, 5.41) is 2.82. The Morgan fingerprint density at radius 1 is 1.32 bits per heavy atom. The molecule has 1 N–H and O–H groups in total. The lowest BCUT2D eigenvalue weighted by Crippen LogP contribution is -2.44. The van der Waals surface area contributed by atoms with Crippen LogP contribution in [0.3, 0.4) is 0 Å². The van der Waals surface area contributed by atoms with Gasteiger partial charge < -0.3 is 14.8 Å². The Bertz CT molecular complexity index is 598. The summed E-state index contributed by atoms with van der Waals surface area (Å²) in [5.74, 6) is -0.249. The number of carbonyl (C=O) groups excluding carboxylic acids is 2. The third-order valence-electron chi connectivity index (χ3n) is 4.23. The third kappa shape index (κ3) is 2.48. The maximum atomic E-state index is 12.8. The van der Waals surface area contributed by atoms with Crippen LogP contribution in [0.1, 0.15) is 18.1 Å². The predicted octanol–water partition coefficient (Wildman–Crippen LogP) is 1.18. The second-order valence-corrected chi connectivity index (χ2v) is 5.85. The first-order valence-corrected chi connectivity index (χ1v) is 7.42. The van der Waals surface area contributed by atoms with Crippen LogP contribution in [0.5, 0.6) is 0 Å². The molecule has 3 rings (SSSR count). The minimum absolute atomic E-state index is 0.214. The summed E-state index contributed by atoms with van der Waals surface area (Å²) in [5.41, 5.74) is 0.757. The number of amides is 3. The van der Waals surface area contributed by atoms with Gasteiger partial charge in [-0.25, -0.2) is 4.79 Å². The van der Waals surface area contributed by atoms with Crippen molar-refractivity contribution in [2.45, 2.75) is 25.5 Å². The van der Waals surface area contributed by atoms with E-state index < -0.39 is 5.54 Å². The van der Waals surface area contributed by atoms with Gasteiger partial charge >= 0.3 is 6.03 Å².